The summed E-state index contributed by atoms with van der Waals surface area (Å²) in [5.41, 5.74) is 11.9. The molecule has 1 aromatic rings. The van der Waals surface area contributed by atoms with Crippen molar-refractivity contribution in [2.45, 2.75) is 13.2 Å². The lowest BCUT2D eigenvalue weighted by molar-refractivity contribution is 0.000315. The Morgan fingerprint density at radius 3 is 2.18 bits per heavy atom. The minimum Gasteiger partial charge on any atom is -0.463 e. The van der Waals surface area contributed by atoms with Gasteiger partial charge in [-0.1, -0.05) is 6.07 Å². The molecule has 0 aliphatic rings. The van der Waals surface area contributed by atoms with E-state index in [4.69, 9.17) is 38.8 Å². The first kappa shape index (κ1) is 15.4. The summed E-state index contributed by atoms with van der Waals surface area (Å²) in [6, 6.07) is 5.03. The number of hydrogen-bond acceptors (Lipinski definition) is 6. The quantitative estimate of drug-likeness (QED) is 0.282. The van der Waals surface area contributed by atoms with Crippen LogP contribution >= 0.6 is 0 Å². The van der Waals surface area contributed by atoms with Crippen molar-refractivity contribution in [3.63, 3.8) is 0 Å². The van der Waals surface area contributed by atoms with Gasteiger partial charge in [-0.2, -0.15) is 8.42 Å². The maximum atomic E-state index is 8.90. The Morgan fingerprint density at radius 2 is 1.76 bits per heavy atom. The topological polar surface area (TPSA) is 156 Å². The molecule has 0 radical (unpaired) electrons. The number of benzene rings is 1. The van der Waals surface area contributed by atoms with E-state index in [1.54, 1.807) is 18.2 Å². The molecule has 98 valence electrons. The van der Waals surface area contributed by atoms with Crippen LogP contribution in [-0.4, -0.2) is 28.9 Å². The van der Waals surface area contributed by atoms with E-state index in [-0.39, 0.29) is 0 Å². The molecule has 0 amide bonds. The summed E-state index contributed by atoms with van der Waals surface area (Å²) in [6.07, 6.45) is -0.880. The molecule has 9 heteroatoms. The van der Waals surface area contributed by atoms with Gasteiger partial charge in [-0.05, 0) is 19.1 Å². The first-order valence-corrected chi connectivity index (χ1v) is 5.69. The maximum Gasteiger partial charge on any atom is 0.394 e. The molecule has 0 saturated heterocycles. The number of anilines is 2. The highest BCUT2D eigenvalue weighted by atomic mass is 32.3. The molecule has 17 heavy (non-hydrogen) atoms. The molecule has 0 bridgehead atoms. The second-order valence-electron chi connectivity index (χ2n) is 2.92. The van der Waals surface area contributed by atoms with Crippen molar-refractivity contribution in [2.75, 3.05) is 11.5 Å². The molecule has 7 N–H and O–H groups in total. The lowest BCUT2D eigenvalue weighted by Gasteiger charge is -2.11. The van der Waals surface area contributed by atoms with E-state index in [2.05, 4.69) is 0 Å². The highest BCUT2D eigenvalue weighted by Gasteiger charge is 2.04. The summed E-state index contributed by atoms with van der Waals surface area (Å²) < 4.78 is 36.6. The molecule has 0 aromatic heterocycles. The Bertz CT molecular complexity index is 451. The number of nitrogens with two attached hydrogens (primary N) is 2. The Hall–Kier alpha value is -1.55. The predicted octanol–water partition coefficient (Wildman–Crippen LogP) is -0.0847. The molecule has 0 fully saturated rings. The minimum absolute atomic E-state index is 0.360. The monoisotopic (exact) mass is 266 g/mol. The summed E-state index contributed by atoms with van der Waals surface area (Å²) in [4.78, 5) is 0. The van der Waals surface area contributed by atoms with Crippen molar-refractivity contribution in [3.8, 4) is 5.75 Å². The van der Waals surface area contributed by atoms with E-state index >= 15 is 0 Å². The fourth-order valence-electron chi connectivity index (χ4n) is 0.848. The highest BCUT2D eigenvalue weighted by Crippen LogP contribution is 2.27. The van der Waals surface area contributed by atoms with Gasteiger partial charge in [-0.3, -0.25) is 9.11 Å². The lowest BCUT2D eigenvalue weighted by Crippen LogP contribution is -2.11. The van der Waals surface area contributed by atoms with Crippen molar-refractivity contribution in [1.82, 2.24) is 0 Å². The number of para-hydroxylation sites is 1. The number of hydrogen-bond donors (Lipinski definition) is 5. The second-order valence-corrected chi connectivity index (χ2v) is 3.82. The second kappa shape index (κ2) is 6.25. The minimum atomic E-state index is -4.67. The number of aliphatic hydroxyl groups is 1. The van der Waals surface area contributed by atoms with Crippen LogP contribution in [-0.2, 0) is 10.4 Å². The SMILES string of the molecule is CC(O)Oc1cccc(N)c1N.O=S(=O)(O)O. The van der Waals surface area contributed by atoms with Gasteiger partial charge >= 0.3 is 10.4 Å². The van der Waals surface area contributed by atoms with Crippen LogP contribution in [0, 0.1) is 0 Å². The Kier molecular flexibility index (Phi) is 5.68. The summed E-state index contributed by atoms with van der Waals surface area (Å²) >= 11 is 0. The normalized spacial score (nSPS) is 12.2. The fourth-order valence-corrected chi connectivity index (χ4v) is 0.848. The van der Waals surface area contributed by atoms with E-state index in [0.29, 0.717) is 17.1 Å². The van der Waals surface area contributed by atoms with Crippen LogP contribution in [0.25, 0.3) is 0 Å². The zero-order valence-corrected chi connectivity index (χ0v) is 9.76. The Labute approximate surface area is 98.4 Å². The van der Waals surface area contributed by atoms with Crippen molar-refractivity contribution in [1.29, 1.82) is 0 Å². The standard InChI is InChI=1S/C8H12N2O2.H2O4S/c1-5(11)12-7-4-2-3-6(9)8(7)10;1-5(2,3)4/h2-5,11H,9-10H2,1H3;(H2,1,2,3,4). The molecule has 0 spiro atoms. The molecule has 1 aromatic carbocycles. The summed E-state index contributed by atoms with van der Waals surface area (Å²) in [7, 11) is -4.67. The summed E-state index contributed by atoms with van der Waals surface area (Å²) in [5, 5.41) is 8.90. The summed E-state index contributed by atoms with van der Waals surface area (Å²) in [5.74, 6) is 0.407. The van der Waals surface area contributed by atoms with Gasteiger partial charge < -0.3 is 21.3 Å². The molecule has 0 aliphatic carbocycles. The number of rotatable bonds is 2. The average molecular weight is 266 g/mol. The molecule has 8 nitrogen and oxygen atoms in total. The first-order chi connectivity index (χ1) is 7.61. The van der Waals surface area contributed by atoms with Gasteiger partial charge in [-0.25, -0.2) is 0 Å². The van der Waals surface area contributed by atoms with Crippen LogP contribution in [0.3, 0.4) is 0 Å². The lowest BCUT2D eigenvalue weighted by atomic mass is 10.2. The highest BCUT2D eigenvalue weighted by molar-refractivity contribution is 7.79. The summed E-state index contributed by atoms with van der Waals surface area (Å²) in [6.45, 7) is 1.50. The molecule has 0 saturated carbocycles. The van der Waals surface area contributed by atoms with Crippen molar-refractivity contribution >= 4 is 21.8 Å². The van der Waals surface area contributed by atoms with Crippen molar-refractivity contribution in [2.24, 2.45) is 0 Å². The molecule has 0 heterocycles. The van der Waals surface area contributed by atoms with Gasteiger partial charge in [0.05, 0.1) is 11.4 Å². The largest absolute Gasteiger partial charge is 0.463 e. The first-order valence-electron chi connectivity index (χ1n) is 4.30. The number of nitrogen functional groups attached to an aromatic ring is 2. The number of ether oxygens (including phenoxy) is 1. The molecule has 1 rings (SSSR count). The third-order valence-corrected chi connectivity index (χ3v) is 1.40. The maximum absolute atomic E-state index is 8.90. The van der Waals surface area contributed by atoms with Crippen LogP contribution in [0.4, 0.5) is 11.4 Å². The van der Waals surface area contributed by atoms with Crippen LogP contribution in [0.1, 0.15) is 6.92 Å². The van der Waals surface area contributed by atoms with Crippen LogP contribution in [0.5, 0.6) is 5.75 Å². The van der Waals surface area contributed by atoms with Gasteiger partial charge in [0.25, 0.3) is 0 Å². The predicted molar refractivity (Wildman–Crippen MR) is 61.8 cm³/mol. The number of aliphatic hydroxyl groups excluding tert-OH is 1. The molecule has 1 atom stereocenters. The van der Waals surface area contributed by atoms with Gasteiger partial charge in [0.15, 0.2) is 6.29 Å². The van der Waals surface area contributed by atoms with Crippen LogP contribution < -0.4 is 16.2 Å². The van der Waals surface area contributed by atoms with Gasteiger partial charge in [0.1, 0.15) is 5.75 Å². The van der Waals surface area contributed by atoms with E-state index in [1.807, 2.05) is 0 Å². The third-order valence-electron chi connectivity index (χ3n) is 1.40. The van der Waals surface area contributed by atoms with Gasteiger partial charge in [-0.15, -0.1) is 0 Å². The van der Waals surface area contributed by atoms with Crippen LogP contribution in [0.15, 0.2) is 18.2 Å². The van der Waals surface area contributed by atoms with E-state index in [9.17, 15) is 0 Å². The zero-order valence-electron chi connectivity index (χ0n) is 8.94. The third kappa shape index (κ3) is 8.28. The van der Waals surface area contributed by atoms with Crippen LogP contribution in [0.2, 0.25) is 0 Å². The fraction of sp³-hybridized carbons (Fsp3) is 0.250. The molecular weight excluding hydrogens is 252 g/mol. The molecule has 0 aliphatic heterocycles. The smallest absolute Gasteiger partial charge is 0.394 e. The van der Waals surface area contributed by atoms with E-state index in [1.165, 1.54) is 6.92 Å². The van der Waals surface area contributed by atoms with Gasteiger partial charge in [0, 0.05) is 0 Å². The Balaban J connectivity index is 0.000000437. The molecular formula is C8H14N2O6S. The zero-order chi connectivity index (χ0) is 13.6. The van der Waals surface area contributed by atoms with Gasteiger partial charge in [0.2, 0.25) is 0 Å². The van der Waals surface area contributed by atoms with E-state index < -0.39 is 16.7 Å². The molecule has 1 unspecified atom stereocenters. The average Bonchev–Trinajstić information content (AvgIpc) is 2.09. The van der Waals surface area contributed by atoms with Crippen molar-refractivity contribution in [3.05, 3.63) is 18.2 Å². The van der Waals surface area contributed by atoms with Crippen molar-refractivity contribution < 1.29 is 27.4 Å². The Morgan fingerprint density at radius 1 is 1.29 bits per heavy atom. The van der Waals surface area contributed by atoms with E-state index in [0.717, 1.165) is 0 Å².